The van der Waals surface area contributed by atoms with Crippen LogP contribution in [0.15, 0.2) is 17.5 Å². The van der Waals surface area contributed by atoms with Crippen LogP contribution < -0.4 is 5.32 Å². The largest absolute Gasteiger partial charge is 0.339 e. The van der Waals surface area contributed by atoms with Gasteiger partial charge in [0.25, 0.3) is 11.8 Å². The van der Waals surface area contributed by atoms with Crippen molar-refractivity contribution in [2.75, 3.05) is 11.1 Å². The summed E-state index contributed by atoms with van der Waals surface area (Å²) < 4.78 is 0. The van der Waals surface area contributed by atoms with Crippen LogP contribution in [0.4, 0.5) is 0 Å². The molecule has 0 aromatic carbocycles. The molecule has 0 aromatic heterocycles. The van der Waals surface area contributed by atoms with Gasteiger partial charge in [-0.3, -0.25) is 14.4 Å². The Labute approximate surface area is 121 Å². The van der Waals surface area contributed by atoms with E-state index in [1.807, 2.05) is 6.08 Å². The molecule has 0 radical (unpaired) electrons. The van der Waals surface area contributed by atoms with Crippen molar-refractivity contribution in [2.45, 2.75) is 17.5 Å². The second-order valence-corrected chi connectivity index (χ2v) is 5.66. The smallest absolute Gasteiger partial charge is 0.256 e. The molecule has 1 saturated heterocycles. The molecule has 1 fully saturated rings. The summed E-state index contributed by atoms with van der Waals surface area (Å²) >= 11 is 4.37. The summed E-state index contributed by atoms with van der Waals surface area (Å²) in [7, 11) is 0. The Morgan fingerprint density at radius 1 is 1.63 bits per heavy atom. The van der Waals surface area contributed by atoms with Crippen LogP contribution in [0, 0.1) is 4.91 Å². The van der Waals surface area contributed by atoms with E-state index in [2.05, 4.69) is 26.4 Å². The van der Waals surface area contributed by atoms with Crippen molar-refractivity contribution < 1.29 is 14.4 Å². The topological polar surface area (TPSA) is 95.9 Å². The zero-order valence-electron chi connectivity index (χ0n) is 9.61. The number of alkyl halides is 1. The monoisotopic (exact) mass is 347 g/mol. The highest BCUT2D eigenvalue weighted by Gasteiger charge is 2.49. The van der Waals surface area contributed by atoms with E-state index in [-0.39, 0.29) is 16.6 Å². The summed E-state index contributed by atoms with van der Waals surface area (Å²) in [4.78, 5) is 46.8. The number of nitroso groups, excluding NO2 is 1. The first-order valence-electron chi connectivity index (χ1n) is 5.42. The molecule has 0 aromatic rings. The number of hydrogen-bond donors (Lipinski definition) is 1. The lowest BCUT2D eigenvalue weighted by molar-refractivity contribution is -0.145. The standard InChI is InChI=1S/C10H10BrN3O4S/c11-4-5(15)6(13-18)8(16)12-7-9(17)14-2-1-3-19-10(7)14/h1-2,6-7,10H,3-4H2,(H,12,16)/t6?,7?,10-/m0/s1. The first-order chi connectivity index (χ1) is 9.10. The van der Waals surface area contributed by atoms with E-state index >= 15 is 0 Å². The van der Waals surface area contributed by atoms with Crippen molar-refractivity contribution in [1.29, 1.82) is 0 Å². The average Bonchev–Trinajstić information content (AvgIpc) is 2.44. The molecular weight excluding hydrogens is 338 g/mol. The third-order valence-electron chi connectivity index (χ3n) is 2.80. The molecule has 2 rings (SSSR count). The molecule has 102 valence electrons. The Bertz CT molecular complexity index is 470. The predicted molar refractivity (Wildman–Crippen MR) is 72.5 cm³/mol. The van der Waals surface area contributed by atoms with E-state index in [1.165, 1.54) is 16.7 Å². The van der Waals surface area contributed by atoms with Crippen LogP contribution in [-0.4, -0.2) is 51.0 Å². The molecule has 0 saturated carbocycles. The normalized spacial score (nSPS) is 26.2. The van der Waals surface area contributed by atoms with Crippen molar-refractivity contribution in [2.24, 2.45) is 5.18 Å². The molecule has 2 heterocycles. The van der Waals surface area contributed by atoms with Gasteiger partial charge < -0.3 is 10.2 Å². The highest BCUT2D eigenvalue weighted by atomic mass is 79.9. The number of carbonyl (C=O) groups excluding carboxylic acids is 3. The quantitative estimate of drug-likeness (QED) is 0.327. The van der Waals surface area contributed by atoms with Gasteiger partial charge in [0.05, 0.1) is 5.33 Å². The van der Waals surface area contributed by atoms with Crippen LogP contribution >= 0.6 is 27.7 Å². The maximum Gasteiger partial charge on any atom is 0.256 e. The molecule has 0 spiro atoms. The van der Waals surface area contributed by atoms with Gasteiger partial charge in [0.1, 0.15) is 11.4 Å². The van der Waals surface area contributed by atoms with E-state index in [0.29, 0.717) is 0 Å². The van der Waals surface area contributed by atoms with Crippen LogP contribution in [0.1, 0.15) is 0 Å². The zero-order valence-corrected chi connectivity index (χ0v) is 12.0. The van der Waals surface area contributed by atoms with E-state index in [9.17, 15) is 19.3 Å². The number of Topliss-reactive ketones (excluding diaryl/α,β-unsaturated/α-hetero) is 1. The molecule has 1 N–H and O–H groups in total. The predicted octanol–water partition coefficient (Wildman–Crippen LogP) is -0.00100. The molecule has 3 atom stereocenters. The molecule has 2 amide bonds. The number of hydrogen-bond acceptors (Lipinski definition) is 6. The van der Waals surface area contributed by atoms with Crippen molar-refractivity contribution >= 4 is 45.3 Å². The minimum absolute atomic E-state index is 0.136. The molecule has 0 aliphatic carbocycles. The summed E-state index contributed by atoms with van der Waals surface area (Å²) in [6.07, 6.45) is 3.52. The Morgan fingerprint density at radius 3 is 3.00 bits per heavy atom. The van der Waals surface area contributed by atoms with Crippen molar-refractivity contribution in [1.82, 2.24) is 10.2 Å². The number of nitrogens with zero attached hydrogens (tertiary/aromatic N) is 2. The molecule has 2 unspecified atom stereocenters. The summed E-state index contributed by atoms with van der Waals surface area (Å²) in [6.45, 7) is 0. The fraction of sp³-hybridized carbons (Fsp3) is 0.500. The Kier molecular flexibility index (Phi) is 4.35. The Hall–Kier alpha value is -1.22. The summed E-state index contributed by atoms with van der Waals surface area (Å²) in [5.41, 5.74) is 0. The molecule has 0 bridgehead atoms. The Morgan fingerprint density at radius 2 is 2.37 bits per heavy atom. The van der Waals surface area contributed by atoms with Gasteiger partial charge in [-0.2, -0.15) is 0 Å². The fourth-order valence-electron chi connectivity index (χ4n) is 1.82. The lowest BCUT2D eigenvalue weighted by Gasteiger charge is -2.46. The number of thioether (sulfide) groups is 1. The SMILES string of the molecule is O=NC(C(=O)CBr)C(=O)NC1C(=O)N2C=CCS[C@@H]12. The summed E-state index contributed by atoms with van der Waals surface area (Å²) in [5.74, 6) is -0.964. The number of fused-ring (bicyclic) bond motifs is 1. The van der Waals surface area contributed by atoms with Crippen LogP contribution in [0.25, 0.3) is 0 Å². The summed E-state index contributed by atoms with van der Waals surface area (Å²) in [5, 5.41) is 4.61. The van der Waals surface area contributed by atoms with Gasteiger partial charge in [-0.25, -0.2) is 0 Å². The number of amides is 2. The summed E-state index contributed by atoms with van der Waals surface area (Å²) in [6, 6.07) is -2.31. The van der Waals surface area contributed by atoms with Gasteiger partial charge in [-0.1, -0.05) is 22.0 Å². The first kappa shape index (κ1) is 14.2. The van der Waals surface area contributed by atoms with Gasteiger partial charge in [0.2, 0.25) is 6.04 Å². The molecule has 2 aliphatic heterocycles. The number of β-lactam (4-membered cyclic amide) rings is 1. The van der Waals surface area contributed by atoms with Gasteiger partial charge in [-0.15, -0.1) is 16.7 Å². The van der Waals surface area contributed by atoms with E-state index < -0.39 is 23.8 Å². The minimum atomic E-state index is -1.61. The number of ketones is 1. The van der Waals surface area contributed by atoms with Gasteiger partial charge in [-0.05, 0) is 5.18 Å². The van der Waals surface area contributed by atoms with Gasteiger partial charge >= 0.3 is 0 Å². The number of halogens is 1. The third-order valence-corrected chi connectivity index (χ3v) is 4.58. The molecule has 2 aliphatic rings. The maximum absolute atomic E-state index is 11.8. The van der Waals surface area contributed by atoms with Crippen molar-refractivity contribution in [3.63, 3.8) is 0 Å². The number of rotatable bonds is 5. The van der Waals surface area contributed by atoms with Crippen molar-refractivity contribution in [3.8, 4) is 0 Å². The van der Waals surface area contributed by atoms with Crippen LogP contribution in [-0.2, 0) is 14.4 Å². The van der Waals surface area contributed by atoms with E-state index in [4.69, 9.17) is 0 Å². The van der Waals surface area contributed by atoms with E-state index in [1.54, 1.807) is 6.20 Å². The number of carbonyl (C=O) groups is 3. The lowest BCUT2D eigenvalue weighted by Crippen LogP contribution is -2.69. The van der Waals surface area contributed by atoms with Crippen LogP contribution in [0.5, 0.6) is 0 Å². The highest BCUT2D eigenvalue weighted by Crippen LogP contribution is 2.33. The minimum Gasteiger partial charge on any atom is -0.339 e. The fourth-order valence-corrected chi connectivity index (χ4v) is 3.24. The lowest BCUT2D eigenvalue weighted by atomic mass is 10.1. The zero-order chi connectivity index (χ0) is 14.0. The van der Waals surface area contributed by atoms with Crippen LogP contribution in [0.3, 0.4) is 0 Å². The molecular formula is C10H10BrN3O4S. The van der Waals surface area contributed by atoms with Gasteiger partial charge in [0.15, 0.2) is 5.78 Å². The second kappa shape index (κ2) is 5.83. The molecule has 7 nitrogen and oxygen atoms in total. The maximum atomic E-state index is 11.8. The first-order valence-corrected chi connectivity index (χ1v) is 7.59. The molecule has 19 heavy (non-hydrogen) atoms. The number of nitrogens with one attached hydrogen (secondary N) is 1. The van der Waals surface area contributed by atoms with E-state index in [0.717, 1.165) is 5.75 Å². The van der Waals surface area contributed by atoms with Gasteiger partial charge in [0, 0.05) is 12.0 Å². The highest BCUT2D eigenvalue weighted by molar-refractivity contribution is 9.09. The van der Waals surface area contributed by atoms with Crippen LogP contribution in [0.2, 0.25) is 0 Å². The average molecular weight is 348 g/mol. The van der Waals surface area contributed by atoms with Crippen molar-refractivity contribution in [3.05, 3.63) is 17.2 Å². The second-order valence-electron chi connectivity index (χ2n) is 3.95. The Balaban J connectivity index is 2.00. The molecule has 9 heteroatoms. The third kappa shape index (κ3) is 2.57.